The van der Waals surface area contributed by atoms with Gasteiger partial charge in [-0.25, -0.2) is 0 Å². The number of carbonyl (C=O) groups excluding carboxylic acids is 1. The van der Waals surface area contributed by atoms with Crippen LogP contribution in [0.4, 0.5) is 5.69 Å². The van der Waals surface area contributed by atoms with Gasteiger partial charge in [-0.15, -0.1) is 0 Å². The van der Waals surface area contributed by atoms with Crippen molar-refractivity contribution in [1.82, 2.24) is 0 Å². The number of anilines is 1. The normalized spacial score (nSPS) is 13.2. The van der Waals surface area contributed by atoms with E-state index in [0.29, 0.717) is 16.1 Å². The topological polar surface area (TPSA) is 74.3 Å². The molecule has 0 saturated carbocycles. The van der Waals surface area contributed by atoms with Crippen molar-refractivity contribution in [2.75, 3.05) is 4.90 Å². The lowest BCUT2D eigenvalue weighted by atomic mass is 10.1. The summed E-state index contributed by atoms with van der Waals surface area (Å²) in [6.07, 6.45) is 0. The zero-order chi connectivity index (χ0) is 17.7. The van der Waals surface area contributed by atoms with Gasteiger partial charge in [-0.2, -0.15) is 5.26 Å². The SMILES string of the molecule is N#Cc1cc(Cl)ccc1N1Cc2c(oc3c(Cl)cccc3c2=O)C1=O. The molecule has 25 heavy (non-hydrogen) atoms. The summed E-state index contributed by atoms with van der Waals surface area (Å²) in [5.74, 6) is -0.544. The summed E-state index contributed by atoms with van der Waals surface area (Å²) in [6.45, 7) is 0.0231. The number of amides is 1. The first-order chi connectivity index (χ1) is 12.0. The lowest BCUT2D eigenvalue weighted by Gasteiger charge is -2.16. The van der Waals surface area contributed by atoms with Crippen molar-refractivity contribution in [2.24, 2.45) is 0 Å². The lowest BCUT2D eigenvalue weighted by Crippen LogP contribution is -2.24. The van der Waals surface area contributed by atoms with E-state index >= 15 is 0 Å². The molecule has 2 heterocycles. The summed E-state index contributed by atoms with van der Waals surface area (Å²) in [5, 5.41) is 10.3. The number of nitriles is 1. The fourth-order valence-electron chi connectivity index (χ4n) is 2.92. The number of benzene rings is 2. The second kappa shape index (κ2) is 5.62. The molecule has 0 radical (unpaired) electrons. The third-order valence-corrected chi connectivity index (χ3v) is 4.62. The molecule has 5 nitrogen and oxygen atoms in total. The molecule has 0 spiro atoms. The second-order valence-electron chi connectivity index (χ2n) is 5.52. The van der Waals surface area contributed by atoms with Gasteiger partial charge >= 0.3 is 0 Å². The first kappa shape index (κ1) is 15.7. The molecule has 7 heteroatoms. The molecule has 1 amide bonds. The number of halogens is 2. The van der Waals surface area contributed by atoms with Crippen LogP contribution in [0.3, 0.4) is 0 Å². The Bertz CT molecular complexity index is 1160. The van der Waals surface area contributed by atoms with Gasteiger partial charge in [0.05, 0.1) is 33.8 Å². The number of carbonyl (C=O) groups is 1. The van der Waals surface area contributed by atoms with E-state index in [9.17, 15) is 14.9 Å². The highest BCUT2D eigenvalue weighted by molar-refractivity contribution is 6.34. The van der Waals surface area contributed by atoms with Gasteiger partial charge < -0.3 is 4.42 Å². The number of rotatable bonds is 1. The molecule has 1 aromatic heterocycles. The quantitative estimate of drug-likeness (QED) is 0.645. The van der Waals surface area contributed by atoms with Crippen LogP contribution in [0.2, 0.25) is 10.0 Å². The van der Waals surface area contributed by atoms with Gasteiger partial charge in [0.15, 0.2) is 11.0 Å². The summed E-state index contributed by atoms with van der Waals surface area (Å²) in [4.78, 5) is 26.8. The molecule has 0 bridgehead atoms. The van der Waals surface area contributed by atoms with Crippen LogP contribution in [0.5, 0.6) is 0 Å². The highest BCUT2D eigenvalue weighted by Gasteiger charge is 2.35. The smallest absolute Gasteiger partial charge is 0.294 e. The molecule has 1 aliphatic rings. The molecule has 0 aliphatic carbocycles. The lowest BCUT2D eigenvalue weighted by molar-refractivity contribution is 0.0973. The van der Waals surface area contributed by atoms with E-state index < -0.39 is 5.91 Å². The van der Waals surface area contributed by atoms with Crippen LogP contribution >= 0.6 is 23.2 Å². The highest BCUT2D eigenvalue weighted by Crippen LogP contribution is 2.33. The van der Waals surface area contributed by atoms with Crippen LogP contribution in [0.25, 0.3) is 11.0 Å². The summed E-state index contributed by atoms with van der Waals surface area (Å²) >= 11 is 12.0. The van der Waals surface area contributed by atoms with E-state index in [1.165, 1.54) is 11.0 Å². The molecule has 3 aromatic rings. The Labute approximate surface area is 151 Å². The molecule has 4 rings (SSSR count). The number of fused-ring (bicyclic) bond motifs is 2. The maximum absolute atomic E-state index is 12.8. The first-order valence-electron chi connectivity index (χ1n) is 7.27. The van der Waals surface area contributed by atoms with Crippen LogP contribution in [0, 0.1) is 11.3 Å². The van der Waals surface area contributed by atoms with Gasteiger partial charge in [-0.1, -0.05) is 29.3 Å². The van der Waals surface area contributed by atoms with Crippen LogP contribution in [-0.2, 0) is 6.54 Å². The summed E-state index contributed by atoms with van der Waals surface area (Å²) < 4.78 is 5.64. The number of nitrogens with zero attached hydrogens (tertiary/aromatic N) is 2. The Hall–Kier alpha value is -2.81. The van der Waals surface area contributed by atoms with Crippen LogP contribution in [-0.4, -0.2) is 5.91 Å². The Balaban J connectivity index is 1.92. The van der Waals surface area contributed by atoms with E-state index in [0.717, 1.165) is 0 Å². The number of para-hydroxylation sites is 1. The van der Waals surface area contributed by atoms with Crippen molar-refractivity contribution < 1.29 is 9.21 Å². The van der Waals surface area contributed by atoms with E-state index in [4.69, 9.17) is 27.6 Å². The van der Waals surface area contributed by atoms with Gasteiger partial charge in [-0.3, -0.25) is 14.5 Å². The highest BCUT2D eigenvalue weighted by atomic mass is 35.5. The summed E-state index contributed by atoms with van der Waals surface area (Å²) in [7, 11) is 0. The summed E-state index contributed by atoms with van der Waals surface area (Å²) in [6, 6.07) is 11.5. The predicted molar refractivity (Wildman–Crippen MR) is 94.2 cm³/mol. The fourth-order valence-corrected chi connectivity index (χ4v) is 3.30. The van der Waals surface area contributed by atoms with E-state index in [2.05, 4.69) is 0 Å². The Kier molecular flexibility index (Phi) is 3.53. The molecule has 2 aromatic carbocycles. The molecule has 0 unspecified atom stereocenters. The van der Waals surface area contributed by atoms with Crippen molar-refractivity contribution in [3.63, 3.8) is 0 Å². The van der Waals surface area contributed by atoms with Crippen molar-refractivity contribution in [3.8, 4) is 6.07 Å². The maximum Gasteiger partial charge on any atom is 0.294 e. The zero-order valence-corrected chi connectivity index (χ0v) is 14.1. The monoisotopic (exact) mass is 370 g/mol. The molecule has 0 fully saturated rings. The molecular weight excluding hydrogens is 363 g/mol. The minimum absolute atomic E-state index is 0.0231. The summed E-state index contributed by atoms with van der Waals surface area (Å²) in [5.41, 5.74) is 0.738. The molecule has 0 N–H and O–H groups in total. The Morgan fingerprint density at radius 1 is 1.16 bits per heavy atom. The molecule has 0 saturated heterocycles. The number of hydrogen-bond acceptors (Lipinski definition) is 4. The van der Waals surface area contributed by atoms with Gasteiger partial charge in [0, 0.05) is 5.02 Å². The van der Waals surface area contributed by atoms with Crippen LogP contribution < -0.4 is 10.3 Å². The van der Waals surface area contributed by atoms with E-state index in [1.807, 2.05) is 6.07 Å². The second-order valence-corrected chi connectivity index (χ2v) is 6.36. The van der Waals surface area contributed by atoms with Crippen molar-refractivity contribution in [3.05, 3.63) is 73.6 Å². The van der Waals surface area contributed by atoms with Crippen LogP contribution in [0.1, 0.15) is 21.7 Å². The zero-order valence-electron chi connectivity index (χ0n) is 12.5. The molecule has 122 valence electrons. The predicted octanol–water partition coefficient (Wildman–Crippen LogP) is 4.13. The maximum atomic E-state index is 12.8. The third-order valence-electron chi connectivity index (χ3n) is 4.09. The average molecular weight is 371 g/mol. The molecule has 0 atom stereocenters. The Morgan fingerprint density at radius 3 is 2.72 bits per heavy atom. The largest absolute Gasteiger partial charge is 0.449 e. The van der Waals surface area contributed by atoms with Gasteiger partial charge in [0.1, 0.15) is 6.07 Å². The van der Waals surface area contributed by atoms with Gasteiger partial charge in [-0.05, 0) is 30.3 Å². The van der Waals surface area contributed by atoms with E-state index in [1.54, 1.807) is 30.3 Å². The van der Waals surface area contributed by atoms with Gasteiger partial charge in [0.25, 0.3) is 5.91 Å². The standard InChI is InChI=1S/C18H8Cl2N2O3/c19-10-4-5-14(9(6-10)7-21)22-8-12-15(23)11-2-1-3-13(20)16(11)25-17(12)18(22)24/h1-6H,8H2. The van der Waals surface area contributed by atoms with Crippen LogP contribution in [0.15, 0.2) is 45.6 Å². The Morgan fingerprint density at radius 2 is 1.96 bits per heavy atom. The average Bonchev–Trinajstić information content (AvgIpc) is 2.93. The fraction of sp³-hybridized carbons (Fsp3) is 0.0556. The van der Waals surface area contributed by atoms with Gasteiger partial charge in [0.2, 0.25) is 5.76 Å². The van der Waals surface area contributed by atoms with E-state index in [-0.39, 0.29) is 39.5 Å². The third kappa shape index (κ3) is 2.30. The van der Waals surface area contributed by atoms with Crippen molar-refractivity contribution in [2.45, 2.75) is 6.54 Å². The molecular formula is C18H8Cl2N2O3. The minimum atomic E-state index is -0.493. The van der Waals surface area contributed by atoms with Crippen molar-refractivity contribution in [1.29, 1.82) is 5.26 Å². The first-order valence-corrected chi connectivity index (χ1v) is 8.02. The molecule has 1 aliphatic heterocycles. The van der Waals surface area contributed by atoms with Crippen molar-refractivity contribution >= 4 is 45.8 Å². The minimum Gasteiger partial charge on any atom is -0.449 e. The number of hydrogen-bond donors (Lipinski definition) is 0.